The molecule has 0 atom stereocenters. The van der Waals surface area contributed by atoms with Crippen LogP contribution in [0.15, 0.2) is 0 Å². The Bertz CT molecular complexity index is 377. The summed E-state index contributed by atoms with van der Waals surface area (Å²) in [4.78, 5) is 11.5. The third-order valence-corrected chi connectivity index (χ3v) is 2.73. The smallest absolute Gasteiger partial charge is 0.360 e. The summed E-state index contributed by atoms with van der Waals surface area (Å²) >= 11 is 0. The van der Waals surface area contributed by atoms with Crippen molar-refractivity contribution in [2.45, 2.75) is 46.1 Å². The molecule has 1 heterocycles. The molecule has 1 aromatic heterocycles. The summed E-state index contributed by atoms with van der Waals surface area (Å²) in [5.74, 6) is -0.415. The van der Waals surface area contributed by atoms with Crippen LogP contribution < -0.4 is 0 Å². The molecule has 0 bridgehead atoms. The molecule has 6 heteroatoms. The van der Waals surface area contributed by atoms with E-state index < -0.39 is 5.97 Å². The lowest BCUT2D eigenvalue weighted by molar-refractivity contribution is 0.0518. The highest BCUT2D eigenvalue weighted by Gasteiger charge is 2.16. The number of aromatic nitrogens is 3. The third-order valence-electron chi connectivity index (χ3n) is 2.73. The third kappa shape index (κ3) is 4.10. The van der Waals surface area contributed by atoms with Gasteiger partial charge in [-0.1, -0.05) is 18.1 Å². The predicted octanol–water partition coefficient (Wildman–Crippen LogP) is 1.32. The summed E-state index contributed by atoms with van der Waals surface area (Å²) in [7, 11) is 0. The van der Waals surface area contributed by atoms with Gasteiger partial charge in [-0.05, 0) is 26.7 Å². The van der Waals surface area contributed by atoms with E-state index in [1.54, 1.807) is 11.6 Å². The number of hydrogen-bond acceptors (Lipinski definition) is 5. The number of hydrogen-bond donors (Lipinski definition) is 1. The summed E-state index contributed by atoms with van der Waals surface area (Å²) in [5, 5.41) is 16.5. The maximum atomic E-state index is 11.5. The molecule has 0 aliphatic carbocycles. The molecule has 0 saturated heterocycles. The van der Waals surface area contributed by atoms with Gasteiger partial charge in [0.1, 0.15) is 0 Å². The molecular formula is C12H21N3O3. The summed E-state index contributed by atoms with van der Waals surface area (Å²) in [6.07, 6.45) is 3.85. The van der Waals surface area contributed by atoms with Crippen LogP contribution in [-0.2, 0) is 11.3 Å². The zero-order chi connectivity index (χ0) is 13.4. The first-order chi connectivity index (χ1) is 8.70. The van der Waals surface area contributed by atoms with Crippen molar-refractivity contribution in [2.75, 3.05) is 13.2 Å². The standard InChI is InChI=1S/C12H21N3O3/c1-3-18-12(17)11-10(2)15(14-13-11)8-6-4-5-7-9-16/h16H,3-9H2,1-2H3. The molecule has 0 radical (unpaired) electrons. The molecule has 0 aliphatic rings. The van der Waals surface area contributed by atoms with Crippen LogP contribution in [0.2, 0.25) is 0 Å². The Morgan fingerprint density at radius 2 is 2.06 bits per heavy atom. The number of esters is 1. The minimum Gasteiger partial charge on any atom is -0.461 e. The fourth-order valence-electron chi connectivity index (χ4n) is 1.69. The van der Waals surface area contributed by atoms with E-state index in [0.29, 0.717) is 12.3 Å². The van der Waals surface area contributed by atoms with E-state index in [0.717, 1.165) is 37.9 Å². The maximum absolute atomic E-state index is 11.5. The van der Waals surface area contributed by atoms with E-state index in [-0.39, 0.29) is 6.61 Å². The number of rotatable bonds is 8. The van der Waals surface area contributed by atoms with Crippen molar-refractivity contribution in [1.82, 2.24) is 15.0 Å². The van der Waals surface area contributed by atoms with Crippen molar-refractivity contribution in [3.63, 3.8) is 0 Å². The van der Waals surface area contributed by atoms with Crippen molar-refractivity contribution in [3.8, 4) is 0 Å². The van der Waals surface area contributed by atoms with Gasteiger partial charge in [0.2, 0.25) is 0 Å². The number of nitrogens with zero attached hydrogens (tertiary/aromatic N) is 3. The second-order valence-corrected chi connectivity index (χ2v) is 4.10. The minimum atomic E-state index is -0.415. The molecular weight excluding hydrogens is 234 g/mol. The fraction of sp³-hybridized carbons (Fsp3) is 0.750. The second-order valence-electron chi connectivity index (χ2n) is 4.10. The van der Waals surface area contributed by atoms with Crippen molar-refractivity contribution in [3.05, 3.63) is 11.4 Å². The number of carbonyl (C=O) groups excluding carboxylic acids is 1. The first kappa shape index (κ1) is 14.6. The van der Waals surface area contributed by atoms with Crippen LogP contribution >= 0.6 is 0 Å². The van der Waals surface area contributed by atoms with Crippen molar-refractivity contribution in [1.29, 1.82) is 0 Å². The van der Waals surface area contributed by atoms with Crippen LogP contribution in [0.3, 0.4) is 0 Å². The van der Waals surface area contributed by atoms with E-state index >= 15 is 0 Å². The van der Waals surface area contributed by atoms with E-state index in [1.807, 2.05) is 6.92 Å². The van der Waals surface area contributed by atoms with Crippen molar-refractivity contribution >= 4 is 5.97 Å². The lowest BCUT2D eigenvalue weighted by atomic mass is 10.2. The summed E-state index contributed by atoms with van der Waals surface area (Å²) in [6.45, 7) is 4.91. The summed E-state index contributed by atoms with van der Waals surface area (Å²) in [5.41, 5.74) is 1.04. The number of aryl methyl sites for hydroxylation is 1. The van der Waals surface area contributed by atoms with Gasteiger partial charge in [-0.2, -0.15) is 0 Å². The molecule has 0 aliphatic heterocycles. The van der Waals surface area contributed by atoms with E-state index in [4.69, 9.17) is 9.84 Å². The topological polar surface area (TPSA) is 77.2 Å². The monoisotopic (exact) mass is 255 g/mol. The molecule has 1 rings (SSSR count). The number of aliphatic hydroxyl groups excluding tert-OH is 1. The van der Waals surface area contributed by atoms with E-state index in [1.165, 1.54) is 0 Å². The highest BCUT2D eigenvalue weighted by atomic mass is 16.5. The van der Waals surface area contributed by atoms with Crippen LogP contribution in [0.1, 0.15) is 48.8 Å². The van der Waals surface area contributed by atoms with Crippen molar-refractivity contribution < 1.29 is 14.6 Å². The molecule has 18 heavy (non-hydrogen) atoms. The first-order valence-corrected chi connectivity index (χ1v) is 6.38. The molecule has 102 valence electrons. The Balaban J connectivity index is 2.45. The van der Waals surface area contributed by atoms with Gasteiger partial charge in [0.25, 0.3) is 0 Å². The van der Waals surface area contributed by atoms with Gasteiger partial charge in [-0.25, -0.2) is 9.48 Å². The van der Waals surface area contributed by atoms with Crippen LogP contribution in [0, 0.1) is 6.92 Å². The quantitative estimate of drug-likeness (QED) is 0.560. The molecule has 0 unspecified atom stereocenters. The van der Waals surface area contributed by atoms with Crippen molar-refractivity contribution in [2.24, 2.45) is 0 Å². The normalized spacial score (nSPS) is 10.6. The second kappa shape index (κ2) is 7.81. The van der Waals surface area contributed by atoms with Gasteiger partial charge in [0.05, 0.1) is 12.3 Å². The van der Waals surface area contributed by atoms with Crippen LogP contribution in [0.25, 0.3) is 0 Å². The molecule has 1 aromatic rings. The molecule has 6 nitrogen and oxygen atoms in total. The Morgan fingerprint density at radius 1 is 1.33 bits per heavy atom. The Hall–Kier alpha value is -1.43. The van der Waals surface area contributed by atoms with Crippen LogP contribution in [0.5, 0.6) is 0 Å². The molecule has 0 aromatic carbocycles. The molecule has 0 fully saturated rings. The summed E-state index contributed by atoms with van der Waals surface area (Å²) in [6, 6.07) is 0. The highest BCUT2D eigenvalue weighted by molar-refractivity contribution is 5.88. The molecule has 0 amide bonds. The van der Waals surface area contributed by atoms with Gasteiger partial charge >= 0.3 is 5.97 Å². The van der Waals surface area contributed by atoms with E-state index in [9.17, 15) is 4.79 Å². The number of unbranched alkanes of at least 4 members (excludes halogenated alkanes) is 3. The van der Waals surface area contributed by atoms with Gasteiger partial charge in [0, 0.05) is 13.2 Å². The Labute approximate surface area is 107 Å². The lowest BCUT2D eigenvalue weighted by Crippen LogP contribution is -2.08. The SMILES string of the molecule is CCOC(=O)c1nnn(CCCCCCO)c1C. The fourth-order valence-corrected chi connectivity index (χ4v) is 1.69. The van der Waals surface area contributed by atoms with Gasteiger partial charge in [0.15, 0.2) is 5.69 Å². The van der Waals surface area contributed by atoms with Gasteiger partial charge < -0.3 is 9.84 Å². The lowest BCUT2D eigenvalue weighted by Gasteiger charge is -2.03. The Morgan fingerprint density at radius 3 is 2.72 bits per heavy atom. The minimum absolute atomic E-state index is 0.245. The molecule has 1 N–H and O–H groups in total. The average molecular weight is 255 g/mol. The number of carbonyl (C=O) groups is 1. The molecule has 0 spiro atoms. The Kier molecular flexibility index (Phi) is 6.35. The predicted molar refractivity (Wildman–Crippen MR) is 66.3 cm³/mol. The van der Waals surface area contributed by atoms with Crippen LogP contribution in [-0.4, -0.2) is 39.3 Å². The zero-order valence-corrected chi connectivity index (χ0v) is 11.1. The largest absolute Gasteiger partial charge is 0.461 e. The number of aliphatic hydroxyl groups is 1. The maximum Gasteiger partial charge on any atom is 0.360 e. The zero-order valence-electron chi connectivity index (χ0n) is 11.1. The summed E-state index contributed by atoms with van der Waals surface area (Å²) < 4.78 is 6.62. The van der Waals surface area contributed by atoms with Crippen LogP contribution in [0.4, 0.5) is 0 Å². The van der Waals surface area contributed by atoms with Gasteiger partial charge in [-0.15, -0.1) is 5.10 Å². The highest BCUT2D eigenvalue weighted by Crippen LogP contribution is 2.08. The first-order valence-electron chi connectivity index (χ1n) is 6.38. The van der Waals surface area contributed by atoms with E-state index in [2.05, 4.69) is 10.3 Å². The number of ether oxygens (including phenoxy) is 1. The average Bonchev–Trinajstić information content (AvgIpc) is 2.71. The molecule has 0 saturated carbocycles. The van der Waals surface area contributed by atoms with Gasteiger partial charge in [-0.3, -0.25) is 0 Å².